The Hall–Kier alpha value is -3.01. The van der Waals surface area contributed by atoms with Crippen molar-refractivity contribution in [2.45, 2.75) is 97.0 Å². The van der Waals surface area contributed by atoms with Gasteiger partial charge in [-0.25, -0.2) is 4.79 Å². The summed E-state index contributed by atoms with van der Waals surface area (Å²) < 4.78 is 5.77. The average molecular weight is 493 g/mol. The summed E-state index contributed by atoms with van der Waals surface area (Å²) in [5.41, 5.74) is 1.54. The molecule has 1 fully saturated rings. The van der Waals surface area contributed by atoms with E-state index in [9.17, 15) is 9.59 Å². The Labute approximate surface area is 218 Å². The molecule has 1 atom stereocenters. The van der Waals surface area contributed by atoms with Crippen molar-refractivity contribution in [1.29, 1.82) is 0 Å². The lowest BCUT2D eigenvalue weighted by Crippen LogP contribution is -2.42. The zero-order valence-electron chi connectivity index (χ0n) is 22.6. The quantitative estimate of drug-likeness (QED) is 0.200. The summed E-state index contributed by atoms with van der Waals surface area (Å²) in [5.74, 6) is -0.225. The van der Waals surface area contributed by atoms with Crippen molar-refractivity contribution >= 4 is 24.6 Å². The van der Waals surface area contributed by atoms with Gasteiger partial charge in [0.25, 0.3) is 0 Å². The molecule has 0 bridgehead atoms. The molecule has 0 N–H and O–H groups in total. The Kier molecular flexibility index (Phi) is 15.0. The van der Waals surface area contributed by atoms with Gasteiger partial charge < -0.3 is 9.53 Å². The molecule has 4 nitrogen and oxygen atoms in total. The molecule has 0 heterocycles. The van der Waals surface area contributed by atoms with Crippen LogP contribution in [0.4, 0.5) is 0 Å². The maximum atomic E-state index is 13.3. The summed E-state index contributed by atoms with van der Waals surface area (Å²) in [6, 6.07) is 17.2. The maximum absolute atomic E-state index is 13.3. The van der Waals surface area contributed by atoms with Crippen LogP contribution < -0.4 is 0 Å². The Morgan fingerprint density at radius 2 is 1.42 bits per heavy atom. The van der Waals surface area contributed by atoms with Crippen LogP contribution in [0.25, 0.3) is 6.08 Å². The van der Waals surface area contributed by atoms with Crippen molar-refractivity contribution in [3.63, 3.8) is 0 Å². The first kappa shape index (κ1) is 31.0. The third-order valence-electron chi connectivity index (χ3n) is 6.49. The van der Waals surface area contributed by atoms with Crippen LogP contribution in [0.5, 0.6) is 0 Å². The number of rotatable bonds is 9. The van der Waals surface area contributed by atoms with Crippen LogP contribution >= 0.6 is 0 Å². The van der Waals surface area contributed by atoms with Crippen LogP contribution in [-0.2, 0) is 14.3 Å². The van der Waals surface area contributed by atoms with Crippen LogP contribution in [0.15, 0.2) is 60.7 Å². The zero-order chi connectivity index (χ0) is 26.8. The van der Waals surface area contributed by atoms with E-state index in [2.05, 4.69) is 13.8 Å². The predicted octanol–water partition coefficient (Wildman–Crippen LogP) is 8.35. The van der Waals surface area contributed by atoms with Gasteiger partial charge in [0.2, 0.25) is 5.78 Å². The number of carbonyl (C=O) groups is 3. The Bertz CT molecular complexity index is 899. The minimum Gasteiger partial charge on any atom is -0.447 e. The second kappa shape index (κ2) is 17.4. The fourth-order valence-electron chi connectivity index (χ4n) is 4.32. The van der Waals surface area contributed by atoms with Crippen molar-refractivity contribution in [2.24, 2.45) is 0 Å². The molecular formula is C32H44O4. The van der Waals surface area contributed by atoms with Gasteiger partial charge in [-0.05, 0) is 36.0 Å². The number of carbonyl (C=O) groups excluding carboxylic acids is 3. The van der Waals surface area contributed by atoms with Gasteiger partial charge in [-0.15, -0.1) is 0 Å². The van der Waals surface area contributed by atoms with Gasteiger partial charge >= 0.3 is 5.97 Å². The summed E-state index contributed by atoms with van der Waals surface area (Å²) in [7, 11) is 0. The highest BCUT2D eigenvalue weighted by Crippen LogP contribution is 2.29. The number of hydrogen-bond donors (Lipinski definition) is 0. The molecule has 1 saturated carbocycles. The van der Waals surface area contributed by atoms with Gasteiger partial charge in [-0.1, -0.05) is 127 Å². The smallest absolute Gasteiger partial charge is 0.331 e. The maximum Gasteiger partial charge on any atom is 0.331 e. The molecule has 1 aliphatic carbocycles. The van der Waals surface area contributed by atoms with E-state index in [0.29, 0.717) is 24.3 Å². The van der Waals surface area contributed by atoms with Crippen molar-refractivity contribution < 1.29 is 19.1 Å². The molecule has 0 amide bonds. The van der Waals surface area contributed by atoms with Gasteiger partial charge in [0.1, 0.15) is 6.79 Å². The first-order chi connectivity index (χ1) is 17.4. The molecule has 0 saturated heterocycles. The van der Waals surface area contributed by atoms with Crippen LogP contribution in [0.2, 0.25) is 0 Å². The third kappa shape index (κ3) is 10.3. The number of Topliss-reactive ketones (excluding diaryl/α,β-unsaturated/α-hetero) is 1. The third-order valence-corrected chi connectivity index (χ3v) is 6.49. The fourth-order valence-corrected chi connectivity index (χ4v) is 4.32. The SMILES string of the molecule is C1CCCCC1.C=O.CCCC(CC)(OC(=O)/C=C/c1ccccc1)C(=O)c1ccc(C(C)C)cc1. The number of ether oxygens (including phenoxy) is 1. The van der Waals surface area contributed by atoms with E-state index in [1.807, 2.05) is 75.2 Å². The highest BCUT2D eigenvalue weighted by molar-refractivity contribution is 6.04. The highest BCUT2D eigenvalue weighted by Gasteiger charge is 2.40. The lowest BCUT2D eigenvalue weighted by atomic mass is 9.85. The van der Waals surface area contributed by atoms with E-state index in [1.165, 1.54) is 50.2 Å². The summed E-state index contributed by atoms with van der Waals surface area (Å²) >= 11 is 0. The molecular weight excluding hydrogens is 448 g/mol. The zero-order valence-corrected chi connectivity index (χ0v) is 22.6. The summed E-state index contributed by atoms with van der Waals surface area (Å²) in [4.78, 5) is 33.8. The minimum atomic E-state index is -1.13. The number of benzene rings is 2. The molecule has 196 valence electrons. The standard InChI is InChI=1S/C25H30O3.C6H12.CH2O/c1-5-18-25(6-2,24(27)22-15-13-21(14-16-22)19(3)4)28-23(26)17-12-20-10-8-7-9-11-20;1-2-4-6-5-3-1;1-2/h7-17,19H,5-6,18H2,1-4H3;1-6H2;1H2/b17-12+;;. The van der Waals surface area contributed by atoms with Crippen molar-refractivity contribution in [3.05, 3.63) is 77.4 Å². The molecule has 1 aliphatic rings. The van der Waals surface area contributed by atoms with E-state index in [4.69, 9.17) is 9.53 Å². The minimum absolute atomic E-state index is 0.131. The topological polar surface area (TPSA) is 60.4 Å². The van der Waals surface area contributed by atoms with Crippen LogP contribution in [0.1, 0.15) is 113 Å². The number of ketones is 1. The van der Waals surface area contributed by atoms with Gasteiger partial charge in [-0.3, -0.25) is 4.79 Å². The van der Waals surface area contributed by atoms with Gasteiger partial charge in [0.05, 0.1) is 0 Å². The van der Waals surface area contributed by atoms with E-state index in [-0.39, 0.29) is 5.78 Å². The Morgan fingerprint density at radius 1 is 0.889 bits per heavy atom. The first-order valence-electron chi connectivity index (χ1n) is 13.3. The molecule has 36 heavy (non-hydrogen) atoms. The lowest BCUT2D eigenvalue weighted by Gasteiger charge is -2.30. The van der Waals surface area contributed by atoms with E-state index in [0.717, 1.165) is 12.0 Å². The second-order valence-electron chi connectivity index (χ2n) is 9.49. The molecule has 0 radical (unpaired) electrons. The lowest BCUT2D eigenvalue weighted by molar-refractivity contribution is -0.150. The molecule has 3 rings (SSSR count). The van der Waals surface area contributed by atoms with Crippen molar-refractivity contribution in [1.82, 2.24) is 0 Å². The van der Waals surface area contributed by atoms with Crippen LogP contribution in [0, 0.1) is 0 Å². The van der Waals surface area contributed by atoms with Crippen LogP contribution in [-0.4, -0.2) is 24.1 Å². The second-order valence-corrected chi connectivity index (χ2v) is 9.49. The number of esters is 1. The first-order valence-corrected chi connectivity index (χ1v) is 13.3. The van der Waals surface area contributed by atoms with E-state index < -0.39 is 11.6 Å². The number of hydrogen-bond acceptors (Lipinski definition) is 4. The van der Waals surface area contributed by atoms with E-state index in [1.54, 1.807) is 6.08 Å². The largest absolute Gasteiger partial charge is 0.447 e. The van der Waals surface area contributed by atoms with Crippen LogP contribution in [0.3, 0.4) is 0 Å². The molecule has 2 aromatic rings. The fraction of sp³-hybridized carbons (Fsp3) is 0.469. The molecule has 0 aliphatic heterocycles. The summed E-state index contributed by atoms with van der Waals surface area (Å²) in [6.45, 7) is 10.1. The Balaban J connectivity index is 0.000000694. The summed E-state index contributed by atoms with van der Waals surface area (Å²) in [6.07, 6.45) is 13.8. The highest BCUT2D eigenvalue weighted by atomic mass is 16.6. The van der Waals surface area contributed by atoms with Crippen molar-refractivity contribution in [2.75, 3.05) is 0 Å². The predicted molar refractivity (Wildman–Crippen MR) is 149 cm³/mol. The monoisotopic (exact) mass is 492 g/mol. The van der Waals surface area contributed by atoms with Gasteiger partial charge in [0.15, 0.2) is 5.60 Å². The van der Waals surface area contributed by atoms with Crippen molar-refractivity contribution in [3.8, 4) is 0 Å². The molecule has 2 aromatic carbocycles. The van der Waals surface area contributed by atoms with Gasteiger partial charge in [0, 0.05) is 11.6 Å². The summed E-state index contributed by atoms with van der Waals surface area (Å²) in [5, 5.41) is 0. The Morgan fingerprint density at radius 3 is 1.86 bits per heavy atom. The average Bonchev–Trinajstić information content (AvgIpc) is 2.94. The molecule has 1 unspecified atom stereocenters. The molecule has 0 aromatic heterocycles. The molecule has 4 heteroatoms. The van der Waals surface area contributed by atoms with E-state index >= 15 is 0 Å². The molecule has 0 spiro atoms. The van der Waals surface area contributed by atoms with Gasteiger partial charge in [-0.2, -0.15) is 0 Å². The normalized spacial score (nSPS) is 14.6.